The van der Waals surface area contributed by atoms with Crippen LogP contribution in [0.2, 0.25) is 0 Å². The molecule has 108 valence electrons. The fourth-order valence-electron chi connectivity index (χ4n) is 2.14. The van der Waals surface area contributed by atoms with E-state index in [1.165, 1.54) is 6.33 Å². The molecule has 7 heteroatoms. The van der Waals surface area contributed by atoms with Gasteiger partial charge in [0.1, 0.15) is 17.8 Å². The number of hydrogen-bond donors (Lipinski definition) is 1. The highest BCUT2D eigenvalue weighted by Gasteiger charge is 2.11. The molecule has 2 heterocycles. The zero-order valence-electron chi connectivity index (χ0n) is 11.6. The fraction of sp³-hybridized carbons (Fsp3) is 0.286. The highest BCUT2D eigenvalue weighted by molar-refractivity contribution is 5.86. The van der Waals surface area contributed by atoms with Crippen molar-refractivity contribution < 1.29 is 9.32 Å². The number of aromatic nitrogens is 4. The summed E-state index contributed by atoms with van der Waals surface area (Å²) in [5.41, 5.74) is 1.35. The summed E-state index contributed by atoms with van der Waals surface area (Å²) in [6.45, 7) is 0.515. The Labute approximate surface area is 120 Å². The Hall–Kier alpha value is -2.70. The van der Waals surface area contributed by atoms with Gasteiger partial charge in [-0.3, -0.25) is 9.48 Å². The molecule has 0 atom stereocenters. The van der Waals surface area contributed by atoms with E-state index in [-0.39, 0.29) is 12.3 Å². The van der Waals surface area contributed by atoms with Crippen LogP contribution < -0.4 is 5.32 Å². The molecule has 3 rings (SSSR count). The third kappa shape index (κ3) is 2.91. The Kier molecular flexibility index (Phi) is 3.63. The molecule has 0 radical (unpaired) electrons. The average Bonchev–Trinajstić information content (AvgIpc) is 3.07. The second-order valence-corrected chi connectivity index (χ2v) is 4.70. The number of carbonyl (C=O) groups excluding carboxylic acids is 1. The van der Waals surface area contributed by atoms with Crippen molar-refractivity contribution in [3.63, 3.8) is 0 Å². The van der Waals surface area contributed by atoms with Gasteiger partial charge in [-0.05, 0) is 12.1 Å². The summed E-state index contributed by atoms with van der Waals surface area (Å²) in [5.74, 6) is 0.749. The van der Waals surface area contributed by atoms with Crippen molar-refractivity contribution in [1.82, 2.24) is 25.2 Å². The van der Waals surface area contributed by atoms with E-state index in [0.29, 0.717) is 24.2 Å². The quantitative estimate of drug-likeness (QED) is 0.751. The van der Waals surface area contributed by atoms with E-state index in [1.807, 2.05) is 31.3 Å². The van der Waals surface area contributed by atoms with E-state index in [2.05, 4.69) is 20.6 Å². The van der Waals surface area contributed by atoms with Gasteiger partial charge in [0.2, 0.25) is 5.91 Å². The number of nitrogens with zero attached hydrogens (tertiary/aromatic N) is 4. The topological polar surface area (TPSA) is 85.8 Å². The summed E-state index contributed by atoms with van der Waals surface area (Å²) < 4.78 is 6.87. The molecule has 0 saturated carbocycles. The smallest absolute Gasteiger partial charge is 0.226 e. The molecule has 0 fully saturated rings. The number of hydrogen-bond acceptors (Lipinski definition) is 5. The molecule has 1 amide bonds. The highest BCUT2D eigenvalue weighted by atomic mass is 16.5. The lowest BCUT2D eigenvalue weighted by atomic mass is 10.1. The Morgan fingerprint density at radius 2 is 2.24 bits per heavy atom. The summed E-state index contributed by atoms with van der Waals surface area (Å²) in [5, 5.41) is 11.7. The molecule has 2 aromatic heterocycles. The lowest BCUT2D eigenvalue weighted by molar-refractivity contribution is -0.120. The molecule has 0 saturated heterocycles. The Balaban J connectivity index is 1.56. The molecule has 0 aliphatic rings. The molecule has 0 spiro atoms. The van der Waals surface area contributed by atoms with Crippen molar-refractivity contribution >= 4 is 16.9 Å². The summed E-state index contributed by atoms with van der Waals surface area (Å²) in [4.78, 5) is 16.0. The summed E-state index contributed by atoms with van der Waals surface area (Å²) in [6, 6.07) is 7.50. The van der Waals surface area contributed by atoms with Crippen molar-refractivity contribution in [3.8, 4) is 0 Å². The number of para-hydroxylation sites is 1. The van der Waals surface area contributed by atoms with Crippen molar-refractivity contribution in [2.45, 2.75) is 12.8 Å². The summed E-state index contributed by atoms with van der Waals surface area (Å²) in [7, 11) is 1.83. The van der Waals surface area contributed by atoms with Gasteiger partial charge in [-0.25, -0.2) is 4.98 Å². The monoisotopic (exact) mass is 285 g/mol. The van der Waals surface area contributed by atoms with Crippen LogP contribution in [0.4, 0.5) is 0 Å². The van der Waals surface area contributed by atoms with Crippen LogP contribution in [0, 0.1) is 0 Å². The highest BCUT2D eigenvalue weighted by Crippen LogP contribution is 2.17. The Bertz CT molecular complexity index is 761. The van der Waals surface area contributed by atoms with Crippen molar-refractivity contribution in [3.05, 3.63) is 42.1 Å². The molecule has 0 aliphatic heterocycles. The van der Waals surface area contributed by atoms with Crippen LogP contribution >= 0.6 is 0 Å². The first kappa shape index (κ1) is 13.3. The fourth-order valence-corrected chi connectivity index (χ4v) is 2.14. The molecule has 3 aromatic rings. The van der Waals surface area contributed by atoms with E-state index in [4.69, 9.17) is 4.52 Å². The molecular weight excluding hydrogens is 270 g/mol. The van der Waals surface area contributed by atoms with Gasteiger partial charge in [-0.2, -0.15) is 5.10 Å². The first-order valence-electron chi connectivity index (χ1n) is 6.67. The maximum atomic E-state index is 11.9. The van der Waals surface area contributed by atoms with Crippen molar-refractivity contribution in [2.75, 3.05) is 6.54 Å². The van der Waals surface area contributed by atoms with E-state index in [9.17, 15) is 4.79 Å². The summed E-state index contributed by atoms with van der Waals surface area (Å²) >= 11 is 0. The number of amides is 1. The zero-order valence-corrected chi connectivity index (χ0v) is 11.6. The molecular formula is C14H15N5O2. The van der Waals surface area contributed by atoms with Crippen LogP contribution in [-0.4, -0.2) is 32.4 Å². The Morgan fingerprint density at radius 3 is 3.05 bits per heavy atom. The van der Waals surface area contributed by atoms with Crippen molar-refractivity contribution in [2.24, 2.45) is 7.05 Å². The summed E-state index contributed by atoms with van der Waals surface area (Å²) in [6.07, 6.45) is 2.34. The molecule has 1 N–H and O–H groups in total. The lowest BCUT2D eigenvalue weighted by Crippen LogP contribution is -2.28. The number of benzene rings is 1. The second-order valence-electron chi connectivity index (χ2n) is 4.70. The first-order chi connectivity index (χ1) is 10.2. The maximum absolute atomic E-state index is 11.9. The van der Waals surface area contributed by atoms with E-state index < -0.39 is 0 Å². The predicted molar refractivity (Wildman–Crippen MR) is 75.4 cm³/mol. The molecule has 7 nitrogen and oxygen atoms in total. The molecule has 0 bridgehead atoms. The predicted octanol–water partition coefficient (Wildman–Crippen LogP) is 0.858. The van der Waals surface area contributed by atoms with Crippen LogP contribution in [0.5, 0.6) is 0 Å². The molecule has 0 aliphatic carbocycles. The third-order valence-corrected chi connectivity index (χ3v) is 3.26. The van der Waals surface area contributed by atoms with E-state index in [1.54, 1.807) is 4.68 Å². The average molecular weight is 285 g/mol. The van der Waals surface area contributed by atoms with Gasteiger partial charge < -0.3 is 9.84 Å². The van der Waals surface area contributed by atoms with Crippen LogP contribution in [-0.2, 0) is 24.7 Å². The van der Waals surface area contributed by atoms with Gasteiger partial charge in [0.25, 0.3) is 0 Å². The van der Waals surface area contributed by atoms with Gasteiger partial charge in [-0.15, -0.1) is 0 Å². The number of nitrogens with one attached hydrogen (secondary N) is 1. The minimum atomic E-state index is -0.0868. The van der Waals surface area contributed by atoms with Gasteiger partial charge >= 0.3 is 0 Å². The van der Waals surface area contributed by atoms with E-state index >= 15 is 0 Å². The standard InChI is InChI=1S/C14H15N5O2/c1-19-13(16-9-17-19)6-7-15-14(20)8-11-10-4-2-3-5-12(10)21-18-11/h2-5,9H,6-8H2,1H3,(H,15,20). The molecule has 21 heavy (non-hydrogen) atoms. The number of aryl methyl sites for hydroxylation is 1. The van der Waals surface area contributed by atoms with Crippen LogP contribution in [0.25, 0.3) is 11.0 Å². The van der Waals surface area contributed by atoms with Gasteiger partial charge in [0.05, 0.1) is 6.42 Å². The lowest BCUT2D eigenvalue weighted by Gasteiger charge is -2.03. The third-order valence-electron chi connectivity index (χ3n) is 3.26. The van der Waals surface area contributed by atoms with Crippen molar-refractivity contribution in [1.29, 1.82) is 0 Å². The minimum absolute atomic E-state index is 0.0868. The number of rotatable bonds is 5. The molecule has 1 aromatic carbocycles. The molecule has 0 unspecified atom stereocenters. The van der Waals surface area contributed by atoms with Gasteiger partial charge in [0.15, 0.2) is 5.58 Å². The van der Waals surface area contributed by atoms with Crippen LogP contribution in [0.3, 0.4) is 0 Å². The second kappa shape index (κ2) is 5.74. The van der Waals surface area contributed by atoms with Crippen LogP contribution in [0.1, 0.15) is 11.5 Å². The maximum Gasteiger partial charge on any atom is 0.226 e. The zero-order chi connectivity index (χ0) is 14.7. The van der Waals surface area contributed by atoms with Gasteiger partial charge in [0, 0.05) is 25.4 Å². The SMILES string of the molecule is Cn1ncnc1CCNC(=O)Cc1noc2ccccc12. The van der Waals surface area contributed by atoms with E-state index in [0.717, 1.165) is 11.2 Å². The number of fused-ring (bicyclic) bond motifs is 1. The largest absolute Gasteiger partial charge is 0.356 e. The van der Waals surface area contributed by atoms with Gasteiger partial charge in [-0.1, -0.05) is 17.3 Å². The first-order valence-corrected chi connectivity index (χ1v) is 6.67. The minimum Gasteiger partial charge on any atom is -0.356 e. The Morgan fingerprint density at radius 1 is 1.38 bits per heavy atom. The van der Waals surface area contributed by atoms with Crippen LogP contribution in [0.15, 0.2) is 35.1 Å². The number of carbonyl (C=O) groups is 1. The normalized spacial score (nSPS) is 10.9.